The quantitative estimate of drug-likeness (QED) is 0.594. The van der Waals surface area contributed by atoms with Crippen LogP contribution >= 0.6 is 11.3 Å². The Kier molecular flexibility index (Phi) is 5.55. The number of ketones is 1. The van der Waals surface area contributed by atoms with Crippen LogP contribution in [0.5, 0.6) is 0 Å². The van der Waals surface area contributed by atoms with E-state index in [0.717, 1.165) is 49.0 Å². The largest absolute Gasteiger partial charge is 0.369 e. The minimum absolute atomic E-state index is 0.115. The number of aryl methyl sites for hydroxylation is 1. The van der Waals surface area contributed by atoms with Gasteiger partial charge in [-0.15, -0.1) is 11.3 Å². The third kappa shape index (κ3) is 4.32. The van der Waals surface area contributed by atoms with Crippen LogP contribution in [0.25, 0.3) is 10.6 Å². The van der Waals surface area contributed by atoms with Crippen molar-refractivity contribution in [1.82, 2.24) is 9.88 Å². The summed E-state index contributed by atoms with van der Waals surface area (Å²) in [4.78, 5) is 21.1. The van der Waals surface area contributed by atoms with Crippen LogP contribution in [0.3, 0.4) is 0 Å². The number of benzene rings is 2. The molecule has 0 amide bonds. The van der Waals surface area contributed by atoms with Crippen molar-refractivity contribution in [2.24, 2.45) is 0 Å². The molecule has 0 spiro atoms. The van der Waals surface area contributed by atoms with E-state index in [2.05, 4.69) is 58.5 Å². The lowest BCUT2D eigenvalue weighted by atomic mass is 10.1. The zero-order valence-corrected chi connectivity index (χ0v) is 17.2. The van der Waals surface area contributed by atoms with Gasteiger partial charge in [0.05, 0.1) is 5.69 Å². The first-order valence-electron chi connectivity index (χ1n) is 9.68. The van der Waals surface area contributed by atoms with Crippen LogP contribution in [-0.2, 0) is 6.54 Å². The van der Waals surface area contributed by atoms with Crippen LogP contribution in [0, 0.1) is 6.92 Å². The number of rotatable bonds is 5. The van der Waals surface area contributed by atoms with E-state index in [1.54, 1.807) is 18.3 Å². The molecule has 0 saturated carbocycles. The molecule has 0 radical (unpaired) electrons. The summed E-state index contributed by atoms with van der Waals surface area (Å²) in [5.41, 5.74) is 5.59. The molecule has 28 heavy (non-hydrogen) atoms. The summed E-state index contributed by atoms with van der Waals surface area (Å²) in [6, 6.07) is 16.5. The van der Waals surface area contributed by atoms with Gasteiger partial charge in [-0.3, -0.25) is 9.69 Å². The molecular weight excluding hydrogens is 366 g/mol. The van der Waals surface area contributed by atoms with Crippen molar-refractivity contribution in [2.75, 3.05) is 31.1 Å². The SMILES string of the molecule is CC(=O)c1ccc(N2CCN(Cc3csc(-c4cccc(C)c4)n3)CC2)cc1. The Hall–Kier alpha value is -2.50. The van der Waals surface area contributed by atoms with Gasteiger partial charge in [-0.1, -0.05) is 23.8 Å². The highest BCUT2D eigenvalue weighted by atomic mass is 32.1. The number of nitrogens with zero attached hydrogens (tertiary/aromatic N) is 3. The summed E-state index contributed by atoms with van der Waals surface area (Å²) in [7, 11) is 0. The molecule has 4 nitrogen and oxygen atoms in total. The molecule has 0 atom stereocenters. The number of anilines is 1. The van der Waals surface area contributed by atoms with Crippen LogP contribution in [0.4, 0.5) is 5.69 Å². The molecule has 1 aliphatic heterocycles. The summed E-state index contributed by atoms with van der Waals surface area (Å²) in [5, 5.41) is 3.28. The molecule has 2 heterocycles. The van der Waals surface area contributed by atoms with Crippen molar-refractivity contribution in [2.45, 2.75) is 20.4 Å². The van der Waals surface area contributed by atoms with Gasteiger partial charge in [0, 0.05) is 54.9 Å². The second-order valence-electron chi connectivity index (χ2n) is 7.38. The molecule has 5 heteroatoms. The molecule has 2 aromatic carbocycles. The van der Waals surface area contributed by atoms with Crippen molar-refractivity contribution in [3.63, 3.8) is 0 Å². The minimum Gasteiger partial charge on any atom is -0.369 e. The number of carbonyl (C=O) groups excluding carboxylic acids is 1. The zero-order valence-electron chi connectivity index (χ0n) is 16.4. The summed E-state index contributed by atoms with van der Waals surface area (Å²) >= 11 is 1.73. The van der Waals surface area contributed by atoms with E-state index in [4.69, 9.17) is 4.98 Å². The van der Waals surface area contributed by atoms with Crippen molar-refractivity contribution in [1.29, 1.82) is 0 Å². The Bertz CT molecular complexity index is 956. The second-order valence-corrected chi connectivity index (χ2v) is 8.24. The number of aromatic nitrogens is 1. The second kappa shape index (κ2) is 8.25. The average molecular weight is 392 g/mol. The first-order chi connectivity index (χ1) is 13.6. The topological polar surface area (TPSA) is 36.4 Å². The maximum Gasteiger partial charge on any atom is 0.159 e. The Morgan fingerprint density at radius 1 is 1.07 bits per heavy atom. The third-order valence-electron chi connectivity index (χ3n) is 5.21. The normalized spacial score (nSPS) is 15.0. The highest BCUT2D eigenvalue weighted by Crippen LogP contribution is 2.25. The smallest absolute Gasteiger partial charge is 0.159 e. The Labute approximate surface area is 170 Å². The minimum atomic E-state index is 0.115. The van der Waals surface area contributed by atoms with E-state index in [-0.39, 0.29) is 5.78 Å². The van der Waals surface area contributed by atoms with Gasteiger partial charge in [0.2, 0.25) is 0 Å². The maximum absolute atomic E-state index is 11.4. The van der Waals surface area contributed by atoms with Crippen molar-refractivity contribution in [3.8, 4) is 10.6 Å². The molecule has 1 aromatic heterocycles. The highest BCUT2D eigenvalue weighted by Gasteiger charge is 2.18. The number of Topliss-reactive ketones (excluding diaryl/α,β-unsaturated/α-hetero) is 1. The van der Waals surface area contributed by atoms with Gasteiger partial charge < -0.3 is 4.90 Å². The van der Waals surface area contributed by atoms with Crippen LogP contribution in [0.2, 0.25) is 0 Å². The summed E-state index contributed by atoms with van der Waals surface area (Å²) in [6.45, 7) is 8.65. The van der Waals surface area contributed by atoms with Gasteiger partial charge in [0.15, 0.2) is 5.78 Å². The van der Waals surface area contributed by atoms with Gasteiger partial charge in [0.25, 0.3) is 0 Å². The lowest BCUT2D eigenvalue weighted by molar-refractivity contribution is 0.101. The van der Waals surface area contributed by atoms with Gasteiger partial charge in [-0.25, -0.2) is 4.98 Å². The van der Waals surface area contributed by atoms with E-state index < -0.39 is 0 Å². The molecule has 1 fully saturated rings. The van der Waals surface area contributed by atoms with Crippen molar-refractivity contribution >= 4 is 22.8 Å². The monoisotopic (exact) mass is 391 g/mol. The Balaban J connectivity index is 1.34. The molecule has 0 bridgehead atoms. The van der Waals surface area contributed by atoms with Gasteiger partial charge in [0.1, 0.15) is 5.01 Å². The van der Waals surface area contributed by atoms with Crippen LogP contribution in [0.15, 0.2) is 53.9 Å². The number of piperazine rings is 1. The van der Waals surface area contributed by atoms with E-state index in [0.29, 0.717) is 0 Å². The first kappa shape index (κ1) is 18.8. The summed E-state index contributed by atoms with van der Waals surface area (Å²) in [5.74, 6) is 0.115. The molecule has 3 aromatic rings. The molecule has 4 rings (SSSR count). The standard InChI is InChI=1S/C23H25N3OS/c1-17-4-3-5-20(14-17)23-24-21(16-28-23)15-25-10-12-26(13-11-25)22-8-6-19(7-9-22)18(2)27/h3-9,14,16H,10-13,15H2,1-2H3. The van der Waals surface area contributed by atoms with Crippen LogP contribution in [0.1, 0.15) is 28.5 Å². The fourth-order valence-electron chi connectivity index (χ4n) is 3.59. The third-order valence-corrected chi connectivity index (χ3v) is 6.15. The maximum atomic E-state index is 11.4. The summed E-state index contributed by atoms with van der Waals surface area (Å²) < 4.78 is 0. The van der Waals surface area contributed by atoms with Crippen molar-refractivity contribution < 1.29 is 4.79 Å². The van der Waals surface area contributed by atoms with E-state index in [1.807, 2.05) is 12.1 Å². The Morgan fingerprint density at radius 2 is 1.82 bits per heavy atom. The van der Waals surface area contributed by atoms with E-state index in [1.165, 1.54) is 16.8 Å². The molecule has 1 saturated heterocycles. The average Bonchev–Trinajstić information content (AvgIpc) is 3.17. The lowest BCUT2D eigenvalue weighted by Gasteiger charge is -2.35. The number of carbonyl (C=O) groups is 1. The van der Waals surface area contributed by atoms with Crippen LogP contribution < -0.4 is 4.90 Å². The fourth-order valence-corrected chi connectivity index (χ4v) is 4.40. The molecular formula is C23H25N3OS. The lowest BCUT2D eigenvalue weighted by Crippen LogP contribution is -2.46. The molecule has 0 N–H and O–H groups in total. The number of thiazole rings is 1. The van der Waals surface area contributed by atoms with Crippen molar-refractivity contribution in [3.05, 3.63) is 70.7 Å². The van der Waals surface area contributed by atoms with E-state index >= 15 is 0 Å². The fraction of sp³-hybridized carbons (Fsp3) is 0.304. The predicted octanol–water partition coefficient (Wildman–Crippen LogP) is 4.64. The predicted molar refractivity (Wildman–Crippen MR) is 116 cm³/mol. The highest BCUT2D eigenvalue weighted by molar-refractivity contribution is 7.13. The van der Waals surface area contributed by atoms with Gasteiger partial charge >= 0.3 is 0 Å². The zero-order chi connectivity index (χ0) is 19.5. The molecule has 0 unspecified atom stereocenters. The molecule has 1 aliphatic rings. The molecule has 144 valence electrons. The summed E-state index contributed by atoms with van der Waals surface area (Å²) in [6.07, 6.45) is 0. The van der Waals surface area contributed by atoms with E-state index in [9.17, 15) is 4.79 Å². The number of hydrogen-bond donors (Lipinski definition) is 0. The van der Waals surface area contributed by atoms with Gasteiger partial charge in [-0.05, 0) is 44.2 Å². The van der Waals surface area contributed by atoms with Gasteiger partial charge in [-0.2, -0.15) is 0 Å². The number of hydrogen-bond acceptors (Lipinski definition) is 5. The Morgan fingerprint density at radius 3 is 2.50 bits per heavy atom. The molecule has 0 aliphatic carbocycles. The first-order valence-corrected chi connectivity index (χ1v) is 10.6. The van der Waals surface area contributed by atoms with Crippen LogP contribution in [-0.4, -0.2) is 41.8 Å².